The van der Waals surface area contributed by atoms with E-state index in [4.69, 9.17) is 9.31 Å². The molecule has 0 heterocycles. The van der Waals surface area contributed by atoms with Crippen LogP contribution in [0.1, 0.15) is 13.8 Å². The maximum absolute atomic E-state index is 5.17. The molecule has 0 N–H and O–H groups in total. The van der Waals surface area contributed by atoms with Gasteiger partial charge in [-0.2, -0.15) is 0 Å². The lowest BCUT2D eigenvalue weighted by atomic mass is 10.3. The number of hydrogen-bond donors (Lipinski definition) is 0. The molecule has 0 saturated carbocycles. The van der Waals surface area contributed by atoms with E-state index in [1.54, 1.807) is 0 Å². The van der Waals surface area contributed by atoms with Gasteiger partial charge in [-0.05, 0) is 26.0 Å². The maximum atomic E-state index is 5.17. The van der Waals surface area contributed by atoms with Crippen molar-refractivity contribution in [1.29, 1.82) is 0 Å². The fourth-order valence-corrected chi connectivity index (χ4v) is 0.694. The number of para-hydroxylation sites is 1. The lowest BCUT2D eigenvalue weighted by Gasteiger charge is -2.06. The Morgan fingerprint density at radius 1 is 1.17 bits per heavy atom. The molecule has 0 fully saturated rings. The molecule has 1 rings (SSSR count). The average Bonchev–Trinajstić information content (AvgIpc) is 2.05. The minimum atomic E-state index is 0.161. The van der Waals surface area contributed by atoms with E-state index in [0.717, 1.165) is 5.75 Å². The Kier molecular flexibility index (Phi) is 3.68. The molecular weight excluding hydrogens is 151 g/mol. The Labute approximate surface area is 73.8 Å². The van der Waals surface area contributed by atoms with Crippen LogP contribution in [0.5, 0.6) is 5.75 Å². The summed E-state index contributed by atoms with van der Waals surface area (Å²) in [5, 5.41) is 0. The predicted octanol–water partition coefficient (Wildman–Crippen LogP) is 2.02. The van der Waals surface area contributed by atoms with Gasteiger partial charge >= 0.3 is 7.69 Å². The van der Waals surface area contributed by atoms with Crippen molar-refractivity contribution in [1.82, 2.24) is 0 Å². The standard InChI is InChI=1S/C9H12BO2/c1-8(2)11-10-12-9-6-4-3-5-7-9/h3-8H,1-2H3. The molecule has 0 amide bonds. The zero-order valence-electron chi connectivity index (χ0n) is 7.36. The molecule has 0 saturated heterocycles. The third kappa shape index (κ3) is 3.44. The molecule has 1 radical (unpaired) electrons. The van der Waals surface area contributed by atoms with Crippen molar-refractivity contribution in [2.24, 2.45) is 0 Å². The molecule has 1 aromatic rings. The van der Waals surface area contributed by atoms with Crippen molar-refractivity contribution in [3.63, 3.8) is 0 Å². The quantitative estimate of drug-likeness (QED) is 0.632. The Balaban J connectivity index is 2.25. The number of benzene rings is 1. The van der Waals surface area contributed by atoms with Crippen molar-refractivity contribution >= 4 is 7.69 Å². The monoisotopic (exact) mass is 163 g/mol. The summed E-state index contributed by atoms with van der Waals surface area (Å²) in [5.74, 6) is 0.790. The molecule has 0 aromatic heterocycles. The summed E-state index contributed by atoms with van der Waals surface area (Å²) in [5.41, 5.74) is 0. The zero-order valence-corrected chi connectivity index (χ0v) is 7.36. The van der Waals surface area contributed by atoms with Crippen molar-refractivity contribution in [3.8, 4) is 5.75 Å². The fourth-order valence-electron chi connectivity index (χ4n) is 0.694. The zero-order chi connectivity index (χ0) is 8.81. The summed E-state index contributed by atoms with van der Waals surface area (Å²) < 4.78 is 10.3. The highest BCUT2D eigenvalue weighted by atomic mass is 16.6. The average molecular weight is 163 g/mol. The van der Waals surface area contributed by atoms with Crippen LogP contribution in [0.3, 0.4) is 0 Å². The molecule has 0 aliphatic rings. The lowest BCUT2D eigenvalue weighted by molar-refractivity contribution is 0.223. The van der Waals surface area contributed by atoms with E-state index in [9.17, 15) is 0 Å². The van der Waals surface area contributed by atoms with Crippen LogP contribution in [0, 0.1) is 0 Å². The molecule has 3 heteroatoms. The lowest BCUT2D eigenvalue weighted by Crippen LogP contribution is -2.13. The van der Waals surface area contributed by atoms with Gasteiger partial charge in [-0.15, -0.1) is 0 Å². The van der Waals surface area contributed by atoms with Crippen LogP contribution in [-0.4, -0.2) is 13.8 Å². The normalized spacial score (nSPS) is 9.92. The Hall–Kier alpha value is -0.955. The van der Waals surface area contributed by atoms with Crippen LogP contribution in [0.2, 0.25) is 0 Å². The molecule has 0 aliphatic carbocycles. The molecule has 0 unspecified atom stereocenters. The first-order chi connectivity index (χ1) is 5.79. The highest BCUT2D eigenvalue weighted by Crippen LogP contribution is 2.07. The highest BCUT2D eigenvalue weighted by Gasteiger charge is 1.99. The second kappa shape index (κ2) is 4.83. The molecule has 0 spiro atoms. The Morgan fingerprint density at radius 3 is 2.42 bits per heavy atom. The summed E-state index contributed by atoms with van der Waals surface area (Å²) in [6.45, 7) is 3.90. The van der Waals surface area contributed by atoms with Crippen LogP contribution in [0.4, 0.5) is 0 Å². The predicted molar refractivity (Wildman–Crippen MR) is 49.0 cm³/mol. The third-order valence-electron chi connectivity index (χ3n) is 1.26. The maximum Gasteiger partial charge on any atom is 0.572 e. The van der Waals surface area contributed by atoms with Gasteiger partial charge in [0.15, 0.2) is 0 Å². The van der Waals surface area contributed by atoms with Gasteiger partial charge < -0.3 is 9.31 Å². The molecule has 0 atom stereocenters. The number of rotatable bonds is 4. The number of hydrogen-bond acceptors (Lipinski definition) is 2. The van der Waals surface area contributed by atoms with E-state index in [-0.39, 0.29) is 6.10 Å². The van der Waals surface area contributed by atoms with Crippen molar-refractivity contribution < 1.29 is 9.31 Å². The van der Waals surface area contributed by atoms with Gasteiger partial charge in [0.2, 0.25) is 0 Å². The summed E-state index contributed by atoms with van der Waals surface area (Å²) in [6.07, 6.45) is 0.161. The van der Waals surface area contributed by atoms with Gasteiger partial charge in [0, 0.05) is 6.10 Å². The van der Waals surface area contributed by atoms with Crippen LogP contribution in [0.25, 0.3) is 0 Å². The van der Waals surface area contributed by atoms with Crippen molar-refractivity contribution in [2.75, 3.05) is 0 Å². The van der Waals surface area contributed by atoms with Crippen molar-refractivity contribution in [3.05, 3.63) is 30.3 Å². The summed E-state index contributed by atoms with van der Waals surface area (Å²) in [4.78, 5) is 0. The summed E-state index contributed by atoms with van der Waals surface area (Å²) >= 11 is 0. The molecule has 0 aliphatic heterocycles. The van der Waals surface area contributed by atoms with E-state index in [2.05, 4.69) is 0 Å². The molecule has 63 valence electrons. The van der Waals surface area contributed by atoms with E-state index < -0.39 is 0 Å². The summed E-state index contributed by atoms with van der Waals surface area (Å²) in [6, 6.07) is 9.52. The van der Waals surface area contributed by atoms with E-state index in [1.165, 1.54) is 7.69 Å². The molecular formula is C9H12BO2. The Bertz CT molecular complexity index is 211. The van der Waals surface area contributed by atoms with Gasteiger partial charge in [0.05, 0.1) is 5.75 Å². The minimum absolute atomic E-state index is 0.161. The van der Waals surface area contributed by atoms with Gasteiger partial charge in [-0.3, -0.25) is 0 Å². The third-order valence-corrected chi connectivity index (χ3v) is 1.26. The van der Waals surface area contributed by atoms with Crippen LogP contribution < -0.4 is 4.65 Å². The topological polar surface area (TPSA) is 18.5 Å². The molecule has 2 nitrogen and oxygen atoms in total. The first-order valence-electron chi connectivity index (χ1n) is 3.98. The summed E-state index contributed by atoms with van der Waals surface area (Å²) in [7, 11) is 1.36. The van der Waals surface area contributed by atoms with Crippen molar-refractivity contribution in [2.45, 2.75) is 20.0 Å². The van der Waals surface area contributed by atoms with E-state index >= 15 is 0 Å². The molecule has 12 heavy (non-hydrogen) atoms. The van der Waals surface area contributed by atoms with Crippen LogP contribution in [-0.2, 0) is 4.65 Å². The van der Waals surface area contributed by atoms with Crippen LogP contribution in [0.15, 0.2) is 30.3 Å². The Morgan fingerprint density at radius 2 is 1.83 bits per heavy atom. The minimum Gasteiger partial charge on any atom is -0.537 e. The largest absolute Gasteiger partial charge is 0.572 e. The smallest absolute Gasteiger partial charge is 0.537 e. The first-order valence-corrected chi connectivity index (χ1v) is 3.98. The van der Waals surface area contributed by atoms with E-state index in [1.807, 2.05) is 44.2 Å². The van der Waals surface area contributed by atoms with E-state index in [0.29, 0.717) is 0 Å². The first kappa shape index (κ1) is 9.14. The SMILES string of the molecule is CC(C)O[B]Oc1ccccc1. The van der Waals surface area contributed by atoms with Gasteiger partial charge in [-0.1, -0.05) is 18.2 Å². The highest BCUT2D eigenvalue weighted by molar-refractivity contribution is 6.19. The second-order valence-electron chi connectivity index (χ2n) is 2.71. The second-order valence-corrected chi connectivity index (χ2v) is 2.71. The fraction of sp³-hybridized carbons (Fsp3) is 0.333. The molecule has 1 aromatic carbocycles. The van der Waals surface area contributed by atoms with Crippen LogP contribution >= 0.6 is 0 Å². The van der Waals surface area contributed by atoms with Gasteiger partial charge in [0.25, 0.3) is 0 Å². The molecule has 0 bridgehead atoms. The van der Waals surface area contributed by atoms with Gasteiger partial charge in [-0.25, -0.2) is 0 Å². The van der Waals surface area contributed by atoms with Gasteiger partial charge in [0.1, 0.15) is 0 Å².